The van der Waals surface area contributed by atoms with Gasteiger partial charge in [0.1, 0.15) is 5.69 Å². The summed E-state index contributed by atoms with van der Waals surface area (Å²) in [6.07, 6.45) is 2.19. The number of aromatic nitrogens is 3. The summed E-state index contributed by atoms with van der Waals surface area (Å²) in [5.74, 6) is -0.141. The number of rotatable bonds is 4. The van der Waals surface area contributed by atoms with E-state index in [4.69, 9.17) is 4.74 Å². The number of aromatic amines is 1. The molecule has 21 heavy (non-hydrogen) atoms. The lowest BCUT2D eigenvalue weighted by atomic mass is 10.1. The van der Waals surface area contributed by atoms with Crippen LogP contribution in [0.25, 0.3) is 11.3 Å². The third-order valence-corrected chi connectivity index (χ3v) is 3.65. The highest BCUT2D eigenvalue weighted by atomic mass is 16.5. The largest absolute Gasteiger partial charge is 0.376 e. The van der Waals surface area contributed by atoms with Crippen LogP contribution in [0.3, 0.4) is 0 Å². The topological polar surface area (TPSA) is 71.1 Å². The molecule has 2 heterocycles. The Kier molecular flexibility index (Phi) is 3.96. The SMILES string of the molecule is CN(C[C@@H]1CCCO1)C(=O)c1n[nH]nc1-c1ccccc1. The highest BCUT2D eigenvalue weighted by Crippen LogP contribution is 2.21. The van der Waals surface area contributed by atoms with Gasteiger partial charge in [-0.25, -0.2) is 0 Å². The Labute approximate surface area is 123 Å². The normalized spacial score (nSPS) is 17.9. The summed E-state index contributed by atoms with van der Waals surface area (Å²) in [5.41, 5.74) is 1.81. The second-order valence-electron chi connectivity index (χ2n) is 5.21. The van der Waals surface area contributed by atoms with Crippen molar-refractivity contribution in [3.05, 3.63) is 36.0 Å². The van der Waals surface area contributed by atoms with Gasteiger partial charge in [-0.2, -0.15) is 15.4 Å². The molecule has 6 nitrogen and oxygen atoms in total. The van der Waals surface area contributed by atoms with Gasteiger partial charge < -0.3 is 9.64 Å². The van der Waals surface area contributed by atoms with Crippen LogP contribution in [0.4, 0.5) is 0 Å². The summed E-state index contributed by atoms with van der Waals surface area (Å²) < 4.78 is 5.57. The zero-order chi connectivity index (χ0) is 14.7. The predicted octanol–water partition coefficient (Wildman–Crippen LogP) is 1.72. The van der Waals surface area contributed by atoms with E-state index >= 15 is 0 Å². The van der Waals surface area contributed by atoms with Crippen molar-refractivity contribution in [2.75, 3.05) is 20.2 Å². The number of amides is 1. The quantitative estimate of drug-likeness (QED) is 0.929. The van der Waals surface area contributed by atoms with Crippen molar-refractivity contribution in [2.45, 2.75) is 18.9 Å². The van der Waals surface area contributed by atoms with E-state index in [1.807, 2.05) is 30.3 Å². The van der Waals surface area contributed by atoms with Crippen LogP contribution in [0.1, 0.15) is 23.3 Å². The molecule has 0 unspecified atom stereocenters. The predicted molar refractivity (Wildman–Crippen MR) is 77.8 cm³/mol. The van der Waals surface area contributed by atoms with E-state index in [-0.39, 0.29) is 12.0 Å². The second kappa shape index (κ2) is 6.05. The molecule has 0 aliphatic carbocycles. The molecule has 0 saturated carbocycles. The number of H-pyrrole nitrogens is 1. The van der Waals surface area contributed by atoms with Gasteiger partial charge in [0.2, 0.25) is 0 Å². The highest BCUT2D eigenvalue weighted by molar-refractivity contribution is 5.97. The molecule has 2 aromatic rings. The molecule has 1 N–H and O–H groups in total. The van der Waals surface area contributed by atoms with Crippen LogP contribution in [0.2, 0.25) is 0 Å². The van der Waals surface area contributed by atoms with Gasteiger partial charge in [-0.05, 0) is 12.8 Å². The summed E-state index contributed by atoms with van der Waals surface area (Å²) in [5, 5.41) is 10.7. The first-order valence-electron chi connectivity index (χ1n) is 7.09. The first-order valence-corrected chi connectivity index (χ1v) is 7.09. The van der Waals surface area contributed by atoms with Crippen molar-refractivity contribution in [1.29, 1.82) is 0 Å². The summed E-state index contributed by atoms with van der Waals surface area (Å²) in [6.45, 7) is 1.37. The standard InChI is InChI=1S/C15H18N4O2/c1-19(10-12-8-5-9-21-12)15(20)14-13(16-18-17-14)11-6-3-2-4-7-11/h2-4,6-7,12H,5,8-10H2,1H3,(H,16,17,18)/t12-/m0/s1. The van der Waals surface area contributed by atoms with E-state index in [0.29, 0.717) is 17.9 Å². The Morgan fingerprint density at radius 3 is 2.90 bits per heavy atom. The van der Waals surface area contributed by atoms with Crippen LogP contribution < -0.4 is 0 Å². The van der Waals surface area contributed by atoms with Crippen molar-refractivity contribution in [3.63, 3.8) is 0 Å². The van der Waals surface area contributed by atoms with Gasteiger partial charge in [0.15, 0.2) is 5.69 Å². The van der Waals surface area contributed by atoms with E-state index in [9.17, 15) is 4.79 Å². The average Bonchev–Trinajstić information content (AvgIpc) is 3.18. The number of hydrogen-bond donors (Lipinski definition) is 1. The van der Waals surface area contributed by atoms with E-state index in [1.54, 1.807) is 11.9 Å². The van der Waals surface area contributed by atoms with Crippen LogP contribution >= 0.6 is 0 Å². The van der Waals surface area contributed by atoms with Gasteiger partial charge in [0, 0.05) is 25.8 Å². The lowest BCUT2D eigenvalue weighted by Gasteiger charge is -2.20. The van der Waals surface area contributed by atoms with Crippen molar-refractivity contribution in [3.8, 4) is 11.3 Å². The van der Waals surface area contributed by atoms with E-state index in [2.05, 4.69) is 15.4 Å². The fourth-order valence-electron chi connectivity index (χ4n) is 2.53. The minimum absolute atomic E-state index is 0.131. The number of carbonyl (C=O) groups is 1. The number of nitrogens with one attached hydrogen (secondary N) is 1. The lowest BCUT2D eigenvalue weighted by molar-refractivity contribution is 0.0583. The number of ether oxygens (including phenoxy) is 1. The molecule has 0 radical (unpaired) electrons. The molecule has 1 aliphatic rings. The van der Waals surface area contributed by atoms with Crippen LogP contribution in [0.5, 0.6) is 0 Å². The average molecular weight is 286 g/mol. The molecule has 1 fully saturated rings. The molecule has 1 atom stereocenters. The van der Waals surface area contributed by atoms with Gasteiger partial charge in [-0.15, -0.1) is 0 Å². The summed E-state index contributed by atoms with van der Waals surface area (Å²) in [4.78, 5) is 14.2. The number of benzene rings is 1. The zero-order valence-corrected chi connectivity index (χ0v) is 12.0. The maximum atomic E-state index is 12.5. The van der Waals surface area contributed by atoms with Gasteiger partial charge in [-0.3, -0.25) is 4.79 Å². The number of hydrogen-bond acceptors (Lipinski definition) is 4. The Bertz CT molecular complexity index is 605. The van der Waals surface area contributed by atoms with Crippen LogP contribution in [-0.2, 0) is 4.74 Å². The third kappa shape index (κ3) is 2.95. The van der Waals surface area contributed by atoms with Gasteiger partial charge in [0.05, 0.1) is 6.10 Å². The van der Waals surface area contributed by atoms with Crippen LogP contribution in [-0.4, -0.2) is 52.5 Å². The van der Waals surface area contributed by atoms with Crippen molar-refractivity contribution in [2.24, 2.45) is 0 Å². The molecular weight excluding hydrogens is 268 g/mol. The van der Waals surface area contributed by atoms with Crippen molar-refractivity contribution >= 4 is 5.91 Å². The first kappa shape index (κ1) is 13.8. The lowest BCUT2D eigenvalue weighted by Crippen LogP contribution is -2.34. The molecule has 1 aromatic heterocycles. The molecule has 3 rings (SSSR count). The Morgan fingerprint density at radius 2 is 2.19 bits per heavy atom. The van der Waals surface area contributed by atoms with E-state index in [1.165, 1.54) is 0 Å². The number of likely N-dealkylation sites (N-methyl/N-ethyl adjacent to an activating group) is 1. The molecule has 110 valence electrons. The first-order chi connectivity index (χ1) is 10.3. The second-order valence-corrected chi connectivity index (χ2v) is 5.21. The maximum absolute atomic E-state index is 12.5. The van der Waals surface area contributed by atoms with E-state index in [0.717, 1.165) is 25.0 Å². The van der Waals surface area contributed by atoms with Crippen LogP contribution in [0.15, 0.2) is 30.3 Å². The molecular formula is C15H18N4O2. The number of nitrogens with zero attached hydrogens (tertiary/aromatic N) is 3. The molecule has 1 saturated heterocycles. The summed E-state index contributed by atoms with van der Waals surface area (Å²) in [6, 6.07) is 9.57. The van der Waals surface area contributed by atoms with Gasteiger partial charge in [0.25, 0.3) is 5.91 Å². The maximum Gasteiger partial charge on any atom is 0.276 e. The van der Waals surface area contributed by atoms with E-state index < -0.39 is 0 Å². The Balaban J connectivity index is 1.77. The minimum Gasteiger partial charge on any atom is -0.376 e. The molecule has 1 aliphatic heterocycles. The molecule has 0 bridgehead atoms. The smallest absolute Gasteiger partial charge is 0.276 e. The van der Waals surface area contributed by atoms with Crippen molar-refractivity contribution in [1.82, 2.24) is 20.3 Å². The molecule has 6 heteroatoms. The number of carbonyl (C=O) groups excluding carboxylic acids is 1. The summed E-state index contributed by atoms with van der Waals surface area (Å²) >= 11 is 0. The molecule has 1 aromatic carbocycles. The minimum atomic E-state index is -0.141. The monoisotopic (exact) mass is 286 g/mol. The fraction of sp³-hybridized carbons (Fsp3) is 0.400. The third-order valence-electron chi connectivity index (χ3n) is 3.65. The molecule has 1 amide bonds. The highest BCUT2D eigenvalue weighted by Gasteiger charge is 2.25. The zero-order valence-electron chi connectivity index (χ0n) is 12.0. The molecule has 0 spiro atoms. The van der Waals surface area contributed by atoms with Gasteiger partial charge in [-0.1, -0.05) is 30.3 Å². The van der Waals surface area contributed by atoms with Crippen LogP contribution in [0, 0.1) is 0 Å². The van der Waals surface area contributed by atoms with Gasteiger partial charge >= 0.3 is 0 Å². The Morgan fingerprint density at radius 1 is 1.38 bits per heavy atom. The Hall–Kier alpha value is -2.21. The van der Waals surface area contributed by atoms with Crippen molar-refractivity contribution < 1.29 is 9.53 Å². The fourth-order valence-corrected chi connectivity index (χ4v) is 2.53. The summed E-state index contributed by atoms with van der Waals surface area (Å²) in [7, 11) is 1.77.